The summed E-state index contributed by atoms with van der Waals surface area (Å²) in [6.45, 7) is 4.05. The van der Waals surface area contributed by atoms with Gasteiger partial charge in [-0.05, 0) is 19.4 Å². The lowest BCUT2D eigenvalue weighted by Gasteiger charge is -2.28. The molecule has 0 spiro atoms. The predicted octanol–water partition coefficient (Wildman–Crippen LogP) is 0.694. The van der Waals surface area contributed by atoms with E-state index in [0.717, 1.165) is 0 Å². The van der Waals surface area contributed by atoms with Crippen molar-refractivity contribution in [3.8, 4) is 0 Å². The number of carboxylic acids is 2. The van der Waals surface area contributed by atoms with Gasteiger partial charge in [-0.1, -0.05) is 13.8 Å². The van der Waals surface area contributed by atoms with Gasteiger partial charge in [-0.15, -0.1) is 0 Å². The highest BCUT2D eigenvalue weighted by atomic mass is 16.4. The van der Waals surface area contributed by atoms with Gasteiger partial charge in [0, 0.05) is 6.42 Å². The van der Waals surface area contributed by atoms with Crippen molar-refractivity contribution in [2.45, 2.75) is 38.6 Å². The van der Waals surface area contributed by atoms with Crippen molar-refractivity contribution >= 4 is 11.9 Å². The molecular formula is C9H17NO4. The van der Waals surface area contributed by atoms with E-state index in [1.54, 1.807) is 13.8 Å². The summed E-state index contributed by atoms with van der Waals surface area (Å²) in [4.78, 5) is 21.4. The normalized spacial score (nSPS) is 14.7. The number of carboxylic acid groups (broad SMARTS) is 2. The van der Waals surface area contributed by atoms with Gasteiger partial charge < -0.3 is 15.5 Å². The van der Waals surface area contributed by atoms with Gasteiger partial charge in [0.1, 0.15) is 5.54 Å². The summed E-state index contributed by atoms with van der Waals surface area (Å²) in [5.41, 5.74) is -1.09. The molecule has 0 aliphatic heterocycles. The van der Waals surface area contributed by atoms with E-state index >= 15 is 0 Å². The fourth-order valence-corrected chi connectivity index (χ4v) is 1.38. The summed E-state index contributed by atoms with van der Waals surface area (Å²) in [5, 5.41) is 20.4. The quantitative estimate of drug-likeness (QED) is 0.566. The van der Waals surface area contributed by atoms with Crippen LogP contribution in [0.1, 0.15) is 33.1 Å². The molecule has 0 radical (unpaired) electrons. The van der Waals surface area contributed by atoms with Gasteiger partial charge in [0.05, 0.1) is 0 Å². The lowest BCUT2D eigenvalue weighted by Crippen LogP contribution is -2.51. The summed E-state index contributed by atoms with van der Waals surface area (Å²) >= 11 is 0. The first kappa shape index (κ1) is 12.9. The number of likely N-dealkylation sites (N-methyl/N-ethyl adjacent to an activating group) is 1. The Bertz CT molecular complexity index is 217. The smallest absolute Gasteiger partial charge is 0.323 e. The van der Waals surface area contributed by atoms with E-state index in [-0.39, 0.29) is 12.8 Å². The van der Waals surface area contributed by atoms with E-state index in [9.17, 15) is 9.59 Å². The Hall–Kier alpha value is -1.10. The van der Waals surface area contributed by atoms with Crippen LogP contribution in [-0.4, -0.2) is 34.2 Å². The number of hydrogen-bond donors (Lipinski definition) is 3. The molecule has 0 aliphatic carbocycles. The molecule has 0 aliphatic rings. The zero-order valence-electron chi connectivity index (χ0n) is 8.54. The fourth-order valence-electron chi connectivity index (χ4n) is 1.38. The van der Waals surface area contributed by atoms with Crippen LogP contribution in [0.2, 0.25) is 0 Å². The number of hydrogen-bond acceptors (Lipinski definition) is 3. The minimum atomic E-state index is -1.09. The maximum atomic E-state index is 11.0. The molecule has 0 rings (SSSR count). The van der Waals surface area contributed by atoms with Crippen molar-refractivity contribution < 1.29 is 19.8 Å². The van der Waals surface area contributed by atoms with Crippen molar-refractivity contribution in [3.05, 3.63) is 0 Å². The largest absolute Gasteiger partial charge is 0.481 e. The first-order chi connectivity index (χ1) is 6.48. The Morgan fingerprint density at radius 1 is 1.29 bits per heavy atom. The third-order valence-electron chi connectivity index (χ3n) is 2.29. The van der Waals surface area contributed by atoms with Crippen LogP contribution in [-0.2, 0) is 9.59 Å². The number of nitrogens with one attached hydrogen (secondary N) is 1. The maximum Gasteiger partial charge on any atom is 0.323 e. The van der Waals surface area contributed by atoms with Gasteiger partial charge in [-0.3, -0.25) is 9.59 Å². The minimum absolute atomic E-state index is 0.113. The van der Waals surface area contributed by atoms with Crippen LogP contribution >= 0.6 is 0 Å². The van der Waals surface area contributed by atoms with Gasteiger partial charge in [0.15, 0.2) is 0 Å². The van der Waals surface area contributed by atoms with Gasteiger partial charge in [0.25, 0.3) is 0 Å². The van der Waals surface area contributed by atoms with Gasteiger partial charge in [-0.25, -0.2) is 0 Å². The fraction of sp³-hybridized carbons (Fsp3) is 0.778. The highest BCUT2D eigenvalue weighted by molar-refractivity contribution is 5.79. The summed E-state index contributed by atoms with van der Waals surface area (Å²) in [6.07, 6.45) is 0.360. The van der Waals surface area contributed by atoms with E-state index in [0.29, 0.717) is 13.0 Å². The topological polar surface area (TPSA) is 86.6 Å². The monoisotopic (exact) mass is 203 g/mol. The van der Waals surface area contributed by atoms with Crippen molar-refractivity contribution in [1.29, 1.82) is 0 Å². The molecule has 0 unspecified atom stereocenters. The molecule has 5 heteroatoms. The van der Waals surface area contributed by atoms with E-state index < -0.39 is 17.5 Å². The standard InChI is InChI=1S/C9H17NO4/c1-3-9(8(13)14,10-4-2)6-5-7(11)12/h10H,3-6H2,1-2H3,(H,11,12)(H,13,14)/t9-/m0/s1. The third-order valence-corrected chi connectivity index (χ3v) is 2.29. The molecule has 0 aromatic rings. The van der Waals surface area contributed by atoms with Crippen LogP contribution in [0.15, 0.2) is 0 Å². The first-order valence-corrected chi connectivity index (χ1v) is 4.68. The maximum absolute atomic E-state index is 11.0. The Labute approximate surface area is 83.1 Å². The number of carbonyl (C=O) groups is 2. The van der Waals surface area contributed by atoms with E-state index in [1.165, 1.54) is 0 Å². The van der Waals surface area contributed by atoms with Gasteiger partial charge in [0.2, 0.25) is 0 Å². The molecule has 0 saturated carbocycles. The van der Waals surface area contributed by atoms with Crippen LogP contribution in [0.5, 0.6) is 0 Å². The van der Waals surface area contributed by atoms with Crippen molar-refractivity contribution in [1.82, 2.24) is 5.32 Å². The summed E-state index contributed by atoms with van der Waals surface area (Å²) in [5.74, 6) is -1.95. The lowest BCUT2D eigenvalue weighted by molar-refractivity contribution is -0.146. The Morgan fingerprint density at radius 2 is 1.86 bits per heavy atom. The van der Waals surface area contributed by atoms with E-state index in [2.05, 4.69) is 5.32 Å². The van der Waals surface area contributed by atoms with Crippen molar-refractivity contribution in [3.63, 3.8) is 0 Å². The average Bonchev–Trinajstić information content (AvgIpc) is 2.11. The molecule has 0 saturated heterocycles. The first-order valence-electron chi connectivity index (χ1n) is 4.68. The molecular weight excluding hydrogens is 186 g/mol. The second-order valence-electron chi connectivity index (χ2n) is 3.16. The molecule has 0 bridgehead atoms. The zero-order chi connectivity index (χ0) is 11.2. The molecule has 1 atom stereocenters. The number of aliphatic carboxylic acids is 2. The van der Waals surface area contributed by atoms with Crippen molar-refractivity contribution in [2.75, 3.05) is 6.54 Å². The summed E-state index contributed by atoms with van der Waals surface area (Å²) in [6, 6.07) is 0. The molecule has 0 amide bonds. The van der Waals surface area contributed by atoms with Crippen LogP contribution < -0.4 is 5.32 Å². The van der Waals surface area contributed by atoms with Gasteiger partial charge in [-0.2, -0.15) is 0 Å². The Kier molecular flexibility index (Phi) is 5.15. The zero-order valence-corrected chi connectivity index (χ0v) is 8.54. The number of rotatable bonds is 7. The van der Waals surface area contributed by atoms with Crippen LogP contribution in [0, 0.1) is 0 Å². The predicted molar refractivity (Wildman–Crippen MR) is 51.2 cm³/mol. The highest BCUT2D eigenvalue weighted by Gasteiger charge is 2.35. The average molecular weight is 203 g/mol. The van der Waals surface area contributed by atoms with Crippen LogP contribution in [0.3, 0.4) is 0 Å². The third kappa shape index (κ3) is 3.33. The Morgan fingerprint density at radius 3 is 2.14 bits per heavy atom. The summed E-state index contributed by atoms with van der Waals surface area (Å²) < 4.78 is 0. The van der Waals surface area contributed by atoms with Crippen LogP contribution in [0.4, 0.5) is 0 Å². The minimum Gasteiger partial charge on any atom is -0.481 e. The molecule has 0 aromatic carbocycles. The molecule has 14 heavy (non-hydrogen) atoms. The van der Waals surface area contributed by atoms with Gasteiger partial charge >= 0.3 is 11.9 Å². The molecule has 0 aromatic heterocycles. The van der Waals surface area contributed by atoms with Crippen molar-refractivity contribution in [2.24, 2.45) is 0 Å². The molecule has 0 heterocycles. The lowest BCUT2D eigenvalue weighted by atomic mass is 9.90. The SMILES string of the molecule is CCN[C@@](CC)(CCC(=O)O)C(=O)O. The summed E-state index contributed by atoms with van der Waals surface area (Å²) in [7, 11) is 0. The Balaban J connectivity index is 4.49. The highest BCUT2D eigenvalue weighted by Crippen LogP contribution is 2.17. The molecule has 3 N–H and O–H groups in total. The second-order valence-corrected chi connectivity index (χ2v) is 3.16. The van der Waals surface area contributed by atoms with Crippen LogP contribution in [0.25, 0.3) is 0 Å². The van der Waals surface area contributed by atoms with E-state index in [1.807, 2.05) is 0 Å². The molecule has 0 fully saturated rings. The molecule has 5 nitrogen and oxygen atoms in total. The second kappa shape index (κ2) is 5.59. The molecule has 82 valence electrons. The van der Waals surface area contributed by atoms with E-state index in [4.69, 9.17) is 10.2 Å².